The third-order valence-electron chi connectivity index (χ3n) is 4.69. The Balaban J connectivity index is 1.48. The van der Waals surface area contributed by atoms with Gasteiger partial charge in [-0.1, -0.05) is 60.3 Å². The fourth-order valence-electron chi connectivity index (χ4n) is 3.33. The van der Waals surface area contributed by atoms with Crippen molar-refractivity contribution in [3.63, 3.8) is 0 Å². The molecule has 2 N–H and O–H groups in total. The molecule has 0 saturated carbocycles. The second-order valence-corrected chi connectivity index (χ2v) is 7.52. The van der Waals surface area contributed by atoms with Crippen LogP contribution in [-0.2, 0) is 13.0 Å². The highest BCUT2D eigenvalue weighted by atomic mass is 32.2. The van der Waals surface area contributed by atoms with Crippen LogP contribution in [0.1, 0.15) is 21.6 Å². The molecule has 6 nitrogen and oxygen atoms in total. The summed E-state index contributed by atoms with van der Waals surface area (Å²) in [5.41, 5.74) is 3.41. The molecule has 4 rings (SSSR count). The van der Waals surface area contributed by atoms with Crippen molar-refractivity contribution < 1.29 is 4.79 Å². The number of carbonyl (C=O) groups excluding carboxylic acids is 1. The van der Waals surface area contributed by atoms with Crippen LogP contribution in [0.2, 0.25) is 0 Å². The number of H-pyrrole nitrogens is 2. The molecule has 0 radical (unpaired) electrons. The van der Waals surface area contributed by atoms with Gasteiger partial charge < -0.3 is 4.98 Å². The van der Waals surface area contributed by atoms with Crippen LogP contribution in [-0.4, -0.2) is 31.3 Å². The van der Waals surface area contributed by atoms with E-state index in [1.54, 1.807) is 4.57 Å². The smallest absolute Gasteiger partial charge is 0.343 e. The van der Waals surface area contributed by atoms with E-state index < -0.39 is 0 Å². The molecule has 0 saturated heterocycles. The number of aromatic nitrogens is 4. The molecule has 2 aromatic carbocycles. The lowest BCUT2D eigenvalue weighted by Gasteiger charge is -2.06. The first-order valence-corrected chi connectivity index (χ1v) is 10.0. The predicted molar refractivity (Wildman–Crippen MR) is 111 cm³/mol. The normalized spacial score (nSPS) is 11.2. The van der Waals surface area contributed by atoms with Crippen molar-refractivity contribution in [3.05, 3.63) is 81.9 Å². The number of rotatable bonds is 7. The van der Waals surface area contributed by atoms with E-state index in [0.29, 0.717) is 17.3 Å². The number of carbonyl (C=O) groups is 1. The van der Waals surface area contributed by atoms with E-state index in [4.69, 9.17) is 0 Å². The van der Waals surface area contributed by atoms with Crippen LogP contribution in [0.25, 0.3) is 10.9 Å². The molecule has 7 heteroatoms. The van der Waals surface area contributed by atoms with Gasteiger partial charge >= 0.3 is 5.69 Å². The summed E-state index contributed by atoms with van der Waals surface area (Å²) >= 11 is 1.28. The van der Waals surface area contributed by atoms with Gasteiger partial charge in [-0.3, -0.25) is 9.36 Å². The van der Waals surface area contributed by atoms with Gasteiger partial charge in [-0.05, 0) is 25.0 Å². The second-order valence-electron chi connectivity index (χ2n) is 6.58. The number of Topliss-reactive ketones (excluding diaryl/α,β-unsaturated/α-hetero) is 1. The second kappa shape index (κ2) is 7.90. The zero-order valence-electron chi connectivity index (χ0n) is 15.4. The van der Waals surface area contributed by atoms with E-state index in [0.717, 1.165) is 28.6 Å². The summed E-state index contributed by atoms with van der Waals surface area (Å²) < 4.78 is 1.59. The molecule has 0 aliphatic rings. The van der Waals surface area contributed by atoms with Crippen LogP contribution in [0.4, 0.5) is 0 Å². The molecule has 0 atom stereocenters. The van der Waals surface area contributed by atoms with Crippen LogP contribution in [0.15, 0.2) is 64.5 Å². The minimum Gasteiger partial charge on any atom is -0.358 e. The van der Waals surface area contributed by atoms with Gasteiger partial charge in [0.2, 0.25) is 0 Å². The number of nitrogens with one attached hydrogen (secondary N) is 2. The van der Waals surface area contributed by atoms with Crippen LogP contribution in [0.3, 0.4) is 0 Å². The summed E-state index contributed by atoms with van der Waals surface area (Å²) in [5, 5.41) is 8.05. The van der Waals surface area contributed by atoms with Crippen molar-refractivity contribution in [2.24, 2.45) is 0 Å². The van der Waals surface area contributed by atoms with Gasteiger partial charge in [0.05, 0.1) is 5.75 Å². The molecule has 0 amide bonds. The van der Waals surface area contributed by atoms with E-state index >= 15 is 0 Å². The fourth-order valence-corrected chi connectivity index (χ4v) is 4.18. The summed E-state index contributed by atoms with van der Waals surface area (Å²) in [6, 6.07) is 17.7. The number of benzene rings is 2. The topological polar surface area (TPSA) is 83.5 Å². The van der Waals surface area contributed by atoms with Gasteiger partial charge in [-0.25, -0.2) is 9.89 Å². The lowest BCUT2D eigenvalue weighted by atomic mass is 10.1. The zero-order valence-corrected chi connectivity index (χ0v) is 16.3. The molecular weight excluding hydrogens is 372 g/mol. The molecule has 4 aromatic rings. The number of hydrogen-bond donors (Lipinski definition) is 2. The number of aromatic amines is 2. The molecule has 28 heavy (non-hydrogen) atoms. The first-order chi connectivity index (χ1) is 13.6. The molecule has 142 valence electrons. The number of aryl methyl sites for hydroxylation is 2. The van der Waals surface area contributed by atoms with E-state index in [1.165, 1.54) is 11.8 Å². The number of nitrogens with zero attached hydrogens (tertiary/aromatic N) is 2. The number of fused-ring (bicyclic) bond motifs is 1. The Hall–Kier alpha value is -3.06. The maximum absolute atomic E-state index is 12.8. The van der Waals surface area contributed by atoms with Crippen molar-refractivity contribution >= 4 is 28.4 Å². The first-order valence-electron chi connectivity index (χ1n) is 9.06. The first kappa shape index (κ1) is 18.3. The van der Waals surface area contributed by atoms with Gasteiger partial charge in [-0.15, -0.1) is 5.10 Å². The zero-order chi connectivity index (χ0) is 19.5. The minimum atomic E-state index is -0.255. The number of hydrogen-bond acceptors (Lipinski definition) is 4. The van der Waals surface area contributed by atoms with Gasteiger partial charge in [-0.2, -0.15) is 0 Å². The number of para-hydroxylation sites is 1. The summed E-state index contributed by atoms with van der Waals surface area (Å²) in [6.07, 6.45) is 0.726. The molecule has 0 bridgehead atoms. The van der Waals surface area contributed by atoms with Crippen molar-refractivity contribution in [2.75, 3.05) is 5.75 Å². The highest BCUT2D eigenvalue weighted by Gasteiger charge is 2.18. The van der Waals surface area contributed by atoms with Gasteiger partial charge in [0.1, 0.15) is 0 Å². The number of ketones is 1. The Bertz CT molecular complexity index is 1170. The monoisotopic (exact) mass is 392 g/mol. The average molecular weight is 392 g/mol. The Morgan fingerprint density at radius 2 is 1.86 bits per heavy atom. The van der Waals surface area contributed by atoms with Crippen molar-refractivity contribution in [3.8, 4) is 0 Å². The Morgan fingerprint density at radius 3 is 2.68 bits per heavy atom. The van der Waals surface area contributed by atoms with E-state index in [1.807, 2.05) is 61.5 Å². The maximum Gasteiger partial charge on any atom is 0.343 e. The molecule has 2 heterocycles. The molecule has 2 aromatic heterocycles. The number of thioether (sulfide) groups is 1. The standard InChI is InChI=1S/C21H20N4O2S/c1-14-19(16-9-5-6-10-17(16)22-14)18(26)13-28-21-24-23-20(27)25(21)12-11-15-7-3-2-4-8-15/h2-10,22H,11-13H2,1H3,(H,23,27). The van der Waals surface area contributed by atoms with Crippen LogP contribution in [0, 0.1) is 6.92 Å². The highest BCUT2D eigenvalue weighted by molar-refractivity contribution is 7.99. The average Bonchev–Trinajstić information content (AvgIpc) is 3.24. The molecule has 0 spiro atoms. The van der Waals surface area contributed by atoms with Gasteiger partial charge in [0.25, 0.3) is 0 Å². The van der Waals surface area contributed by atoms with Crippen LogP contribution in [0.5, 0.6) is 0 Å². The maximum atomic E-state index is 12.8. The Kier molecular flexibility index (Phi) is 5.16. The molecule has 0 unspecified atom stereocenters. The lowest BCUT2D eigenvalue weighted by Crippen LogP contribution is -2.19. The third kappa shape index (κ3) is 3.66. The summed E-state index contributed by atoms with van der Waals surface area (Å²) in [6.45, 7) is 2.42. The summed E-state index contributed by atoms with van der Waals surface area (Å²) in [4.78, 5) is 28.2. The summed E-state index contributed by atoms with van der Waals surface area (Å²) in [5.74, 6) is 0.239. The largest absolute Gasteiger partial charge is 0.358 e. The summed E-state index contributed by atoms with van der Waals surface area (Å²) in [7, 11) is 0. The third-order valence-corrected chi connectivity index (χ3v) is 5.67. The fraction of sp³-hybridized carbons (Fsp3) is 0.190. The molecule has 0 aliphatic carbocycles. The Morgan fingerprint density at radius 1 is 1.11 bits per heavy atom. The van der Waals surface area contributed by atoms with E-state index in [2.05, 4.69) is 15.2 Å². The van der Waals surface area contributed by atoms with Crippen molar-refractivity contribution in [1.29, 1.82) is 0 Å². The Labute approximate surface area is 166 Å². The SMILES string of the molecule is Cc1[nH]c2ccccc2c1C(=O)CSc1n[nH]c(=O)n1CCc1ccccc1. The van der Waals surface area contributed by atoms with E-state index in [-0.39, 0.29) is 17.2 Å². The lowest BCUT2D eigenvalue weighted by molar-refractivity contribution is 0.102. The predicted octanol–water partition coefficient (Wildman–Crippen LogP) is 3.58. The van der Waals surface area contributed by atoms with E-state index in [9.17, 15) is 9.59 Å². The molecule has 0 fully saturated rings. The van der Waals surface area contributed by atoms with Crippen LogP contribution >= 0.6 is 11.8 Å². The van der Waals surface area contributed by atoms with Crippen molar-refractivity contribution in [2.45, 2.75) is 25.0 Å². The van der Waals surface area contributed by atoms with Crippen molar-refractivity contribution in [1.82, 2.24) is 19.7 Å². The molecule has 0 aliphatic heterocycles. The minimum absolute atomic E-state index is 0.0185. The van der Waals surface area contributed by atoms with Crippen LogP contribution < -0.4 is 5.69 Å². The quantitative estimate of drug-likeness (QED) is 0.372. The van der Waals surface area contributed by atoms with Gasteiger partial charge in [0.15, 0.2) is 10.9 Å². The van der Waals surface area contributed by atoms with Gasteiger partial charge in [0, 0.05) is 28.7 Å². The highest BCUT2D eigenvalue weighted by Crippen LogP contribution is 2.24. The molecular formula is C21H20N4O2S.